The number of aromatic nitrogens is 1. The number of methoxy groups -OCH3 is 2. The standard InChI is InChI=1S/C24H24F2N2O4/c1-30-19-9-8-15(13-20(19)31-2)18-7-4-12-28(18)23(29)11-10-22-27-14-21(32-22)24-16(25)5-3-6-17(24)26/h3,5-6,8-9,13-14,18H,4,7,10-12H2,1-2H3. The van der Waals surface area contributed by atoms with Crippen LogP contribution in [0.5, 0.6) is 11.5 Å². The highest BCUT2D eigenvalue weighted by molar-refractivity contribution is 5.77. The van der Waals surface area contributed by atoms with Gasteiger partial charge in [0.05, 0.1) is 32.0 Å². The zero-order chi connectivity index (χ0) is 22.7. The first-order valence-electron chi connectivity index (χ1n) is 10.4. The van der Waals surface area contributed by atoms with E-state index in [0.29, 0.717) is 18.0 Å². The molecule has 1 aliphatic heterocycles. The zero-order valence-electron chi connectivity index (χ0n) is 17.9. The minimum absolute atomic E-state index is 0.00688. The highest BCUT2D eigenvalue weighted by Crippen LogP contribution is 2.37. The molecule has 0 N–H and O–H groups in total. The van der Waals surface area contributed by atoms with Crippen molar-refractivity contribution < 1.29 is 27.5 Å². The third-order valence-electron chi connectivity index (χ3n) is 5.68. The van der Waals surface area contributed by atoms with E-state index in [9.17, 15) is 13.6 Å². The van der Waals surface area contributed by atoms with Crippen molar-refractivity contribution in [3.8, 4) is 22.8 Å². The number of halogens is 2. The number of aryl methyl sites for hydroxylation is 1. The molecule has 0 radical (unpaired) electrons. The van der Waals surface area contributed by atoms with Crippen LogP contribution in [0.15, 0.2) is 47.0 Å². The summed E-state index contributed by atoms with van der Waals surface area (Å²) in [7, 11) is 3.16. The molecule has 0 bridgehead atoms. The second-order valence-electron chi connectivity index (χ2n) is 7.57. The average Bonchev–Trinajstić information content (AvgIpc) is 3.47. The number of benzene rings is 2. The molecule has 8 heteroatoms. The van der Waals surface area contributed by atoms with Crippen molar-refractivity contribution in [1.29, 1.82) is 0 Å². The molecular formula is C24H24F2N2O4. The quantitative estimate of drug-likeness (QED) is 0.519. The van der Waals surface area contributed by atoms with Crippen molar-refractivity contribution in [2.45, 2.75) is 31.7 Å². The van der Waals surface area contributed by atoms with Gasteiger partial charge in [-0.15, -0.1) is 0 Å². The van der Waals surface area contributed by atoms with E-state index in [2.05, 4.69) is 4.98 Å². The number of rotatable bonds is 7. The summed E-state index contributed by atoms with van der Waals surface area (Å²) in [5.74, 6) is 0.0525. The summed E-state index contributed by atoms with van der Waals surface area (Å²) in [6, 6.07) is 9.24. The van der Waals surface area contributed by atoms with Crippen LogP contribution in [-0.2, 0) is 11.2 Å². The smallest absolute Gasteiger partial charge is 0.223 e. The maximum absolute atomic E-state index is 14.0. The molecule has 1 amide bonds. The number of hydrogen-bond acceptors (Lipinski definition) is 5. The van der Waals surface area contributed by atoms with Gasteiger partial charge in [0.15, 0.2) is 23.1 Å². The molecule has 1 aromatic heterocycles. The van der Waals surface area contributed by atoms with Crippen molar-refractivity contribution in [2.24, 2.45) is 0 Å². The summed E-state index contributed by atoms with van der Waals surface area (Å²) < 4.78 is 44.1. The maximum atomic E-state index is 14.0. The number of likely N-dealkylation sites (tertiary alicyclic amines) is 1. The third-order valence-corrected chi connectivity index (χ3v) is 5.68. The minimum Gasteiger partial charge on any atom is -0.493 e. The van der Waals surface area contributed by atoms with E-state index in [1.165, 1.54) is 12.3 Å². The molecule has 0 aliphatic carbocycles. The molecule has 6 nitrogen and oxygen atoms in total. The lowest BCUT2D eigenvalue weighted by Crippen LogP contribution is -2.30. The van der Waals surface area contributed by atoms with Crippen LogP contribution in [0.3, 0.4) is 0 Å². The molecule has 1 aliphatic rings. The Labute approximate surface area is 184 Å². The van der Waals surface area contributed by atoms with Gasteiger partial charge in [0.25, 0.3) is 0 Å². The van der Waals surface area contributed by atoms with Gasteiger partial charge >= 0.3 is 0 Å². The van der Waals surface area contributed by atoms with Crippen LogP contribution in [0.2, 0.25) is 0 Å². The first kappa shape index (κ1) is 21.8. The Kier molecular flexibility index (Phi) is 6.39. The molecule has 1 unspecified atom stereocenters. The SMILES string of the molecule is COc1ccc(C2CCCN2C(=O)CCc2ncc(-c3c(F)cccc3F)o2)cc1OC. The fourth-order valence-electron chi connectivity index (χ4n) is 4.10. The van der Waals surface area contributed by atoms with E-state index in [1.54, 1.807) is 14.2 Å². The maximum Gasteiger partial charge on any atom is 0.223 e. The van der Waals surface area contributed by atoms with E-state index >= 15 is 0 Å². The van der Waals surface area contributed by atoms with Gasteiger partial charge in [-0.3, -0.25) is 4.79 Å². The van der Waals surface area contributed by atoms with E-state index in [1.807, 2.05) is 23.1 Å². The minimum atomic E-state index is -0.724. The number of nitrogens with zero attached hydrogens (tertiary/aromatic N) is 2. The number of ether oxygens (including phenoxy) is 2. The molecule has 0 saturated carbocycles. The highest BCUT2D eigenvalue weighted by atomic mass is 19.1. The van der Waals surface area contributed by atoms with Crippen molar-refractivity contribution in [2.75, 3.05) is 20.8 Å². The Morgan fingerprint density at radius 3 is 2.62 bits per heavy atom. The molecule has 2 aromatic carbocycles. The Balaban J connectivity index is 1.44. The Hall–Kier alpha value is -3.42. The van der Waals surface area contributed by atoms with Crippen molar-refractivity contribution >= 4 is 5.91 Å². The second kappa shape index (κ2) is 9.38. The topological polar surface area (TPSA) is 64.8 Å². The average molecular weight is 442 g/mol. The molecular weight excluding hydrogens is 418 g/mol. The predicted molar refractivity (Wildman–Crippen MR) is 113 cm³/mol. The predicted octanol–water partition coefficient (Wildman–Crippen LogP) is 4.93. The summed E-state index contributed by atoms with van der Waals surface area (Å²) in [6.45, 7) is 0.662. The molecule has 0 spiro atoms. The normalized spacial score (nSPS) is 15.8. The molecule has 1 atom stereocenters. The van der Waals surface area contributed by atoms with E-state index in [4.69, 9.17) is 13.9 Å². The lowest BCUT2D eigenvalue weighted by Gasteiger charge is -2.25. The van der Waals surface area contributed by atoms with Gasteiger partial charge in [0.2, 0.25) is 5.91 Å². The number of oxazole rings is 1. The Bertz CT molecular complexity index is 1090. The van der Waals surface area contributed by atoms with Crippen LogP contribution in [0, 0.1) is 11.6 Å². The van der Waals surface area contributed by atoms with Crippen molar-refractivity contribution in [1.82, 2.24) is 9.88 Å². The van der Waals surface area contributed by atoms with Gasteiger partial charge in [-0.05, 0) is 42.7 Å². The van der Waals surface area contributed by atoms with E-state index in [-0.39, 0.29) is 42.0 Å². The highest BCUT2D eigenvalue weighted by Gasteiger charge is 2.30. The van der Waals surface area contributed by atoms with Crippen LogP contribution in [0.1, 0.15) is 36.8 Å². The lowest BCUT2D eigenvalue weighted by atomic mass is 10.0. The van der Waals surface area contributed by atoms with E-state index < -0.39 is 11.6 Å². The fraction of sp³-hybridized carbons (Fsp3) is 0.333. The second-order valence-corrected chi connectivity index (χ2v) is 7.57. The largest absolute Gasteiger partial charge is 0.493 e. The Morgan fingerprint density at radius 2 is 1.91 bits per heavy atom. The molecule has 1 saturated heterocycles. The summed E-state index contributed by atoms with van der Waals surface area (Å²) in [4.78, 5) is 18.9. The van der Waals surface area contributed by atoms with Crippen LogP contribution in [-0.4, -0.2) is 36.6 Å². The van der Waals surface area contributed by atoms with Gasteiger partial charge in [-0.1, -0.05) is 12.1 Å². The monoisotopic (exact) mass is 442 g/mol. The van der Waals surface area contributed by atoms with Crippen molar-refractivity contribution in [3.05, 3.63) is 65.7 Å². The van der Waals surface area contributed by atoms with Crippen LogP contribution in [0.4, 0.5) is 8.78 Å². The zero-order valence-corrected chi connectivity index (χ0v) is 17.9. The number of carbonyl (C=O) groups is 1. The first-order chi connectivity index (χ1) is 15.5. The van der Waals surface area contributed by atoms with Gasteiger partial charge in [-0.2, -0.15) is 0 Å². The van der Waals surface area contributed by atoms with Gasteiger partial charge in [-0.25, -0.2) is 13.8 Å². The molecule has 2 heterocycles. The number of hydrogen-bond donors (Lipinski definition) is 0. The van der Waals surface area contributed by atoms with Crippen LogP contribution in [0.25, 0.3) is 11.3 Å². The Morgan fingerprint density at radius 1 is 1.16 bits per heavy atom. The van der Waals surface area contributed by atoms with Gasteiger partial charge < -0.3 is 18.8 Å². The molecule has 1 fully saturated rings. The van der Waals surface area contributed by atoms with Crippen molar-refractivity contribution in [3.63, 3.8) is 0 Å². The summed E-state index contributed by atoms with van der Waals surface area (Å²) in [6.07, 6.45) is 3.47. The third kappa shape index (κ3) is 4.30. The number of amides is 1. The lowest BCUT2D eigenvalue weighted by molar-refractivity contribution is -0.132. The summed E-state index contributed by atoms with van der Waals surface area (Å²) >= 11 is 0. The summed E-state index contributed by atoms with van der Waals surface area (Å²) in [5, 5.41) is 0. The first-order valence-corrected chi connectivity index (χ1v) is 10.4. The molecule has 3 aromatic rings. The van der Waals surface area contributed by atoms with Gasteiger partial charge in [0, 0.05) is 19.4 Å². The van der Waals surface area contributed by atoms with Gasteiger partial charge in [0.1, 0.15) is 11.6 Å². The molecule has 32 heavy (non-hydrogen) atoms. The van der Waals surface area contributed by atoms with Crippen LogP contribution >= 0.6 is 0 Å². The molecule has 168 valence electrons. The fourth-order valence-corrected chi connectivity index (χ4v) is 4.10. The molecule has 4 rings (SSSR count). The van der Waals surface area contributed by atoms with Crippen LogP contribution < -0.4 is 9.47 Å². The number of carbonyl (C=O) groups excluding carboxylic acids is 1. The summed E-state index contributed by atoms with van der Waals surface area (Å²) in [5.41, 5.74) is 0.729. The van der Waals surface area contributed by atoms with E-state index in [0.717, 1.165) is 30.5 Å².